The summed E-state index contributed by atoms with van der Waals surface area (Å²) in [5.74, 6) is 0.891. The molecule has 0 bridgehead atoms. The Hall–Kier alpha value is -3.41. The number of nitrogens with zero attached hydrogens (tertiary/aromatic N) is 1. The first-order chi connectivity index (χ1) is 11.7. The zero-order valence-corrected chi connectivity index (χ0v) is 12.5. The van der Waals surface area contributed by atoms with Crippen LogP contribution in [0.4, 0.5) is 14.9 Å². The molecule has 0 aliphatic heterocycles. The normalized spacial score (nSPS) is 10.0. The molecule has 5 nitrogen and oxygen atoms in total. The lowest BCUT2D eigenvalue weighted by molar-refractivity contribution is 0.215. The first kappa shape index (κ1) is 15.5. The maximum absolute atomic E-state index is 12.8. The van der Waals surface area contributed by atoms with Gasteiger partial charge in [0.1, 0.15) is 17.3 Å². The Morgan fingerprint density at radius 2 is 1.67 bits per heavy atom. The van der Waals surface area contributed by atoms with E-state index in [1.54, 1.807) is 36.4 Å². The van der Waals surface area contributed by atoms with Crippen LogP contribution in [0.2, 0.25) is 0 Å². The van der Waals surface area contributed by atoms with Crippen LogP contribution in [0.15, 0.2) is 72.9 Å². The third kappa shape index (κ3) is 4.30. The van der Waals surface area contributed by atoms with Crippen LogP contribution in [0.25, 0.3) is 0 Å². The van der Waals surface area contributed by atoms with Crippen LogP contribution in [-0.4, -0.2) is 11.1 Å². The number of ether oxygens (including phenoxy) is 2. The van der Waals surface area contributed by atoms with E-state index in [0.717, 1.165) is 0 Å². The van der Waals surface area contributed by atoms with Crippen molar-refractivity contribution in [1.82, 2.24) is 4.98 Å². The van der Waals surface area contributed by atoms with Crippen molar-refractivity contribution < 1.29 is 18.7 Å². The average molecular weight is 324 g/mol. The number of pyridine rings is 1. The van der Waals surface area contributed by atoms with Crippen molar-refractivity contribution in [2.24, 2.45) is 0 Å². The number of carbonyl (C=O) groups excluding carboxylic acids is 1. The van der Waals surface area contributed by atoms with Gasteiger partial charge in [-0.2, -0.15) is 0 Å². The Labute approximate surface area is 137 Å². The van der Waals surface area contributed by atoms with E-state index >= 15 is 0 Å². The second kappa shape index (κ2) is 7.23. The van der Waals surface area contributed by atoms with Gasteiger partial charge in [0.2, 0.25) is 5.88 Å². The van der Waals surface area contributed by atoms with E-state index in [0.29, 0.717) is 23.1 Å². The van der Waals surface area contributed by atoms with Crippen molar-refractivity contribution in [2.45, 2.75) is 0 Å². The molecule has 3 aromatic rings. The summed E-state index contributed by atoms with van der Waals surface area (Å²) in [7, 11) is 0. The summed E-state index contributed by atoms with van der Waals surface area (Å²) in [6.45, 7) is 0. The number of halogens is 1. The number of rotatable bonds is 4. The quantitative estimate of drug-likeness (QED) is 0.760. The van der Waals surface area contributed by atoms with Gasteiger partial charge >= 0.3 is 6.09 Å². The highest BCUT2D eigenvalue weighted by molar-refractivity contribution is 5.86. The van der Waals surface area contributed by atoms with Gasteiger partial charge in [-0.05, 0) is 42.5 Å². The highest BCUT2D eigenvalue weighted by Crippen LogP contribution is 2.20. The molecule has 1 heterocycles. The molecule has 1 aromatic heterocycles. The number of hydrogen-bond acceptors (Lipinski definition) is 4. The molecule has 2 aromatic carbocycles. The van der Waals surface area contributed by atoms with Gasteiger partial charge in [-0.3, -0.25) is 5.32 Å². The molecule has 0 atom stereocenters. The number of benzene rings is 2. The van der Waals surface area contributed by atoms with Crippen molar-refractivity contribution in [3.8, 4) is 17.4 Å². The topological polar surface area (TPSA) is 60.5 Å². The van der Waals surface area contributed by atoms with E-state index in [-0.39, 0.29) is 5.82 Å². The van der Waals surface area contributed by atoms with Gasteiger partial charge in [0, 0.05) is 6.07 Å². The van der Waals surface area contributed by atoms with E-state index in [2.05, 4.69) is 10.3 Å². The van der Waals surface area contributed by atoms with E-state index in [4.69, 9.17) is 9.47 Å². The van der Waals surface area contributed by atoms with Crippen LogP contribution in [0.1, 0.15) is 0 Å². The zero-order chi connectivity index (χ0) is 16.8. The highest BCUT2D eigenvalue weighted by Gasteiger charge is 2.06. The minimum Gasteiger partial charge on any atom is -0.439 e. The van der Waals surface area contributed by atoms with Crippen LogP contribution in [0.5, 0.6) is 17.4 Å². The van der Waals surface area contributed by atoms with Gasteiger partial charge in [-0.25, -0.2) is 14.2 Å². The zero-order valence-electron chi connectivity index (χ0n) is 12.5. The molecule has 0 aliphatic carbocycles. The Balaban J connectivity index is 1.58. The van der Waals surface area contributed by atoms with Crippen LogP contribution in [-0.2, 0) is 0 Å². The molecule has 1 amide bonds. The van der Waals surface area contributed by atoms with Crippen molar-refractivity contribution in [1.29, 1.82) is 0 Å². The Bertz CT molecular complexity index is 806. The SMILES string of the molecule is O=C(Nc1ccc(Oc2ccc(F)cc2)nc1)Oc1ccccc1. The fraction of sp³-hybridized carbons (Fsp3) is 0. The van der Waals surface area contributed by atoms with Gasteiger partial charge in [0.15, 0.2) is 0 Å². The number of nitrogens with one attached hydrogen (secondary N) is 1. The van der Waals surface area contributed by atoms with Crippen LogP contribution >= 0.6 is 0 Å². The number of anilines is 1. The summed E-state index contributed by atoms with van der Waals surface area (Å²) in [6.07, 6.45) is 0.820. The molecule has 0 saturated heterocycles. The van der Waals surface area contributed by atoms with Crippen molar-refractivity contribution in [3.05, 3.63) is 78.7 Å². The molecule has 0 saturated carbocycles. The molecule has 0 fully saturated rings. The third-order valence-corrected chi connectivity index (χ3v) is 2.97. The monoisotopic (exact) mass is 324 g/mol. The first-order valence-corrected chi connectivity index (χ1v) is 7.12. The Morgan fingerprint density at radius 3 is 2.33 bits per heavy atom. The van der Waals surface area contributed by atoms with Gasteiger partial charge in [0.25, 0.3) is 0 Å². The summed E-state index contributed by atoms with van der Waals surface area (Å²) in [4.78, 5) is 15.8. The predicted molar refractivity (Wildman–Crippen MR) is 86.8 cm³/mol. The first-order valence-electron chi connectivity index (χ1n) is 7.12. The average Bonchev–Trinajstić information content (AvgIpc) is 2.59. The van der Waals surface area contributed by atoms with Gasteiger partial charge in [-0.15, -0.1) is 0 Å². The minimum atomic E-state index is -0.616. The molecule has 3 rings (SSSR count). The maximum atomic E-state index is 12.8. The van der Waals surface area contributed by atoms with Gasteiger partial charge in [-0.1, -0.05) is 18.2 Å². The van der Waals surface area contributed by atoms with E-state index in [1.165, 1.54) is 30.5 Å². The van der Waals surface area contributed by atoms with Crippen molar-refractivity contribution in [2.75, 3.05) is 5.32 Å². The number of para-hydroxylation sites is 1. The smallest absolute Gasteiger partial charge is 0.417 e. The molecule has 0 spiro atoms. The maximum Gasteiger partial charge on any atom is 0.417 e. The highest BCUT2D eigenvalue weighted by atomic mass is 19.1. The second-order valence-electron chi connectivity index (χ2n) is 4.77. The molecule has 120 valence electrons. The molecule has 0 aliphatic rings. The summed E-state index contributed by atoms with van der Waals surface area (Å²) in [5, 5.41) is 2.56. The second-order valence-corrected chi connectivity index (χ2v) is 4.77. The number of aromatic nitrogens is 1. The molecule has 6 heteroatoms. The Morgan fingerprint density at radius 1 is 0.917 bits per heavy atom. The molecule has 24 heavy (non-hydrogen) atoms. The summed E-state index contributed by atoms with van der Waals surface area (Å²) in [5.41, 5.74) is 0.461. The molecular weight excluding hydrogens is 311 g/mol. The molecule has 1 N–H and O–H groups in total. The molecular formula is C18H13FN2O3. The number of amides is 1. The summed E-state index contributed by atoms with van der Waals surface area (Å²) < 4.78 is 23.4. The van der Waals surface area contributed by atoms with E-state index < -0.39 is 6.09 Å². The summed E-state index contributed by atoms with van der Waals surface area (Å²) >= 11 is 0. The standard InChI is InChI=1S/C18H13FN2O3/c19-13-6-9-16(10-7-13)23-17-11-8-14(12-20-17)21-18(22)24-15-4-2-1-3-5-15/h1-12H,(H,21,22). The Kier molecular flexibility index (Phi) is 4.67. The van der Waals surface area contributed by atoms with Crippen molar-refractivity contribution in [3.63, 3.8) is 0 Å². The molecule has 0 radical (unpaired) electrons. The van der Waals surface area contributed by atoms with Gasteiger partial charge < -0.3 is 9.47 Å². The van der Waals surface area contributed by atoms with E-state index in [1.807, 2.05) is 6.07 Å². The molecule has 0 unspecified atom stereocenters. The fourth-order valence-corrected chi connectivity index (χ4v) is 1.88. The minimum absolute atomic E-state index is 0.323. The van der Waals surface area contributed by atoms with Crippen LogP contribution in [0.3, 0.4) is 0 Å². The largest absolute Gasteiger partial charge is 0.439 e. The lowest BCUT2D eigenvalue weighted by atomic mass is 10.3. The third-order valence-electron chi connectivity index (χ3n) is 2.97. The lowest BCUT2D eigenvalue weighted by Crippen LogP contribution is -2.16. The lowest BCUT2D eigenvalue weighted by Gasteiger charge is -2.08. The summed E-state index contributed by atoms with van der Waals surface area (Å²) in [6, 6.07) is 17.5. The number of hydrogen-bond donors (Lipinski definition) is 1. The van der Waals surface area contributed by atoms with Crippen LogP contribution < -0.4 is 14.8 Å². The van der Waals surface area contributed by atoms with Gasteiger partial charge in [0.05, 0.1) is 11.9 Å². The predicted octanol–water partition coefficient (Wildman–Crippen LogP) is 4.62. The van der Waals surface area contributed by atoms with E-state index in [9.17, 15) is 9.18 Å². The number of carbonyl (C=O) groups is 1. The van der Waals surface area contributed by atoms with Crippen molar-refractivity contribution >= 4 is 11.8 Å². The fourth-order valence-electron chi connectivity index (χ4n) is 1.88. The van der Waals surface area contributed by atoms with Crippen LogP contribution in [0, 0.1) is 5.82 Å².